The van der Waals surface area contributed by atoms with Crippen molar-refractivity contribution < 1.29 is 0 Å². The number of nitrogens with zero attached hydrogens (tertiary/aromatic N) is 1. The van der Waals surface area contributed by atoms with Gasteiger partial charge in [0, 0.05) is 4.83 Å². The number of allylic oxidation sites excluding steroid dienone is 3. The molecule has 0 aliphatic heterocycles. The first-order valence-electron chi connectivity index (χ1n) is 3.63. The van der Waals surface area contributed by atoms with Crippen LogP contribution < -0.4 is 5.73 Å². The lowest BCUT2D eigenvalue weighted by atomic mass is 10.1. The van der Waals surface area contributed by atoms with E-state index in [1.165, 1.54) is 11.8 Å². The van der Waals surface area contributed by atoms with Crippen LogP contribution in [0.15, 0.2) is 28.9 Å². The number of hydrogen-bond acceptors (Lipinski definition) is 2. The average molecular weight is 247 g/mol. The molecule has 0 radical (unpaired) electrons. The summed E-state index contributed by atoms with van der Waals surface area (Å²) >= 11 is 4.94. The van der Waals surface area contributed by atoms with E-state index >= 15 is 0 Å². The highest BCUT2D eigenvalue weighted by Gasteiger charge is 2.03. The minimum atomic E-state index is 0.451. The monoisotopic (exact) mass is 246 g/mol. The van der Waals surface area contributed by atoms with Crippen molar-refractivity contribution in [3.05, 3.63) is 23.9 Å². The van der Waals surface area contributed by atoms with Crippen LogP contribution in [0, 0.1) is 0 Å². The van der Waals surface area contributed by atoms with Gasteiger partial charge >= 0.3 is 0 Å². The molecule has 1 aliphatic rings. The number of nitrogens with two attached hydrogens (primary N) is 1. The normalized spacial score (nSPS) is 24.0. The summed E-state index contributed by atoms with van der Waals surface area (Å²) in [5.74, 6) is 0. The Morgan fingerprint density at radius 2 is 2.58 bits per heavy atom. The smallest absolute Gasteiger partial charge is 0.158 e. The molecular formula is C8H11BrN2S. The van der Waals surface area contributed by atoms with Crippen LogP contribution in [-0.4, -0.2) is 16.3 Å². The molecule has 66 valence electrons. The summed E-state index contributed by atoms with van der Waals surface area (Å²) in [6, 6.07) is 0. The number of rotatable bonds is 1. The minimum absolute atomic E-state index is 0.451. The van der Waals surface area contributed by atoms with Gasteiger partial charge in [-0.1, -0.05) is 39.8 Å². The van der Waals surface area contributed by atoms with Crippen LogP contribution in [0.4, 0.5) is 0 Å². The maximum absolute atomic E-state index is 5.56. The molecule has 0 amide bonds. The van der Waals surface area contributed by atoms with Crippen molar-refractivity contribution in [2.75, 3.05) is 6.26 Å². The molecule has 0 fully saturated rings. The van der Waals surface area contributed by atoms with Gasteiger partial charge in [-0.15, -0.1) is 0 Å². The van der Waals surface area contributed by atoms with Gasteiger partial charge in [-0.25, -0.2) is 4.99 Å². The molecule has 0 bridgehead atoms. The number of alkyl halides is 1. The van der Waals surface area contributed by atoms with E-state index in [1.807, 2.05) is 12.3 Å². The van der Waals surface area contributed by atoms with Crippen molar-refractivity contribution in [3.63, 3.8) is 0 Å². The standard InChI is InChI=1S/C8H11BrN2S/c1-12-8(10)11-7-4-2-6(9)3-5-7/h2,4-6H,3H2,1H3,(H2,10,11). The molecule has 1 rings (SSSR count). The van der Waals surface area contributed by atoms with E-state index < -0.39 is 0 Å². The summed E-state index contributed by atoms with van der Waals surface area (Å²) in [6.07, 6.45) is 9.02. The van der Waals surface area contributed by atoms with Gasteiger partial charge in [-0.3, -0.25) is 0 Å². The van der Waals surface area contributed by atoms with Crippen LogP contribution in [0.5, 0.6) is 0 Å². The Bertz CT molecular complexity index is 245. The minimum Gasteiger partial charge on any atom is -0.378 e. The Morgan fingerprint density at radius 3 is 3.08 bits per heavy atom. The third-order valence-corrected chi connectivity index (χ3v) is 2.67. The Hall–Kier alpha value is -0.220. The van der Waals surface area contributed by atoms with Gasteiger partial charge in [-0.05, 0) is 18.8 Å². The highest BCUT2D eigenvalue weighted by atomic mass is 79.9. The van der Waals surface area contributed by atoms with Gasteiger partial charge in [-0.2, -0.15) is 0 Å². The van der Waals surface area contributed by atoms with E-state index in [2.05, 4.69) is 33.1 Å². The second-order valence-corrected chi connectivity index (χ2v) is 4.40. The predicted octanol–water partition coefficient (Wildman–Crippen LogP) is 2.27. The second-order valence-electron chi connectivity index (χ2n) is 2.39. The predicted molar refractivity (Wildman–Crippen MR) is 59.7 cm³/mol. The largest absolute Gasteiger partial charge is 0.378 e. The first-order chi connectivity index (χ1) is 5.72. The van der Waals surface area contributed by atoms with Crippen molar-refractivity contribution in [3.8, 4) is 0 Å². The maximum Gasteiger partial charge on any atom is 0.158 e. The molecule has 0 saturated heterocycles. The zero-order valence-corrected chi connectivity index (χ0v) is 9.23. The van der Waals surface area contributed by atoms with Crippen LogP contribution in [0.2, 0.25) is 0 Å². The first-order valence-corrected chi connectivity index (χ1v) is 5.77. The lowest BCUT2D eigenvalue weighted by Crippen LogP contribution is -2.06. The van der Waals surface area contributed by atoms with Crippen molar-refractivity contribution in [1.29, 1.82) is 0 Å². The van der Waals surface area contributed by atoms with Gasteiger partial charge in [0.05, 0.1) is 5.70 Å². The summed E-state index contributed by atoms with van der Waals surface area (Å²) < 4.78 is 0. The summed E-state index contributed by atoms with van der Waals surface area (Å²) in [7, 11) is 0. The van der Waals surface area contributed by atoms with Gasteiger partial charge < -0.3 is 5.73 Å². The quantitative estimate of drug-likeness (QED) is 0.438. The van der Waals surface area contributed by atoms with Crippen LogP contribution in [-0.2, 0) is 0 Å². The summed E-state index contributed by atoms with van der Waals surface area (Å²) in [5, 5.41) is 0.610. The zero-order chi connectivity index (χ0) is 8.97. The molecule has 12 heavy (non-hydrogen) atoms. The molecule has 4 heteroatoms. The molecule has 0 aromatic heterocycles. The topological polar surface area (TPSA) is 38.4 Å². The van der Waals surface area contributed by atoms with E-state index in [1.54, 1.807) is 0 Å². The van der Waals surface area contributed by atoms with Crippen molar-refractivity contribution in [2.24, 2.45) is 10.7 Å². The lowest BCUT2D eigenvalue weighted by Gasteiger charge is -2.06. The van der Waals surface area contributed by atoms with Crippen LogP contribution in [0.25, 0.3) is 0 Å². The highest BCUT2D eigenvalue weighted by Crippen LogP contribution is 2.17. The van der Waals surface area contributed by atoms with E-state index in [-0.39, 0.29) is 0 Å². The SMILES string of the molecule is CSC(N)=NC1=CCC(Br)C=C1. The van der Waals surface area contributed by atoms with Gasteiger partial charge in [0.2, 0.25) is 0 Å². The first kappa shape index (κ1) is 9.86. The highest BCUT2D eigenvalue weighted by molar-refractivity contribution is 9.09. The molecule has 2 N–H and O–H groups in total. The van der Waals surface area contributed by atoms with Crippen molar-refractivity contribution in [1.82, 2.24) is 0 Å². The van der Waals surface area contributed by atoms with E-state index in [0.29, 0.717) is 9.99 Å². The molecule has 0 aromatic carbocycles. The average Bonchev–Trinajstić information content (AvgIpc) is 2.09. The Balaban J connectivity index is 2.61. The van der Waals surface area contributed by atoms with Crippen LogP contribution in [0.1, 0.15) is 6.42 Å². The van der Waals surface area contributed by atoms with Gasteiger partial charge in [0.15, 0.2) is 5.17 Å². The van der Waals surface area contributed by atoms with E-state index in [0.717, 1.165) is 12.1 Å². The fourth-order valence-corrected chi connectivity index (χ4v) is 1.37. The number of halogens is 1. The van der Waals surface area contributed by atoms with E-state index in [4.69, 9.17) is 5.73 Å². The van der Waals surface area contributed by atoms with Crippen molar-refractivity contribution >= 4 is 32.9 Å². The number of aliphatic imine (C=N–C) groups is 1. The second kappa shape index (κ2) is 4.72. The Kier molecular flexibility index (Phi) is 3.88. The Morgan fingerprint density at radius 1 is 1.83 bits per heavy atom. The maximum atomic E-state index is 5.56. The molecule has 0 spiro atoms. The van der Waals surface area contributed by atoms with Gasteiger partial charge in [0.1, 0.15) is 0 Å². The molecule has 1 unspecified atom stereocenters. The summed E-state index contributed by atoms with van der Waals surface area (Å²) in [5.41, 5.74) is 6.52. The van der Waals surface area contributed by atoms with E-state index in [9.17, 15) is 0 Å². The van der Waals surface area contributed by atoms with Crippen LogP contribution >= 0.6 is 27.7 Å². The van der Waals surface area contributed by atoms with Crippen molar-refractivity contribution in [2.45, 2.75) is 11.2 Å². The molecular weight excluding hydrogens is 236 g/mol. The molecule has 0 heterocycles. The molecule has 0 aromatic rings. The zero-order valence-electron chi connectivity index (χ0n) is 6.83. The molecule has 2 nitrogen and oxygen atoms in total. The fraction of sp³-hybridized carbons (Fsp3) is 0.375. The number of amidine groups is 1. The fourth-order valence-electron chi connectivity index (χ4n) is 0.839. The van der Waals surface area contributed by atoms with Gasteiger partial charge in [0.25, 0.3) is 0 Å². The third kappa shape index (κ3) is 3.03. The molecule has 0 saturated carbocycles. The molecule has 1 aliphatic carbocycles. The lowest BCUT2D eigenvalue weighted by molar-refractivity contribution is 1.04. The number of hydrogen-bond donors (Lipinski definition) is 1. The van der Waals surface area contributed by atoms with Crippen LogP contribution in [0.3, 0.4) is 0 Å². The third-order valence-electron chi connectivity index (χ3n) is 1.48. The summed E-state index contributed by atoms with van der Waals surface area (Å²) in [6.45, 7) is 0. The number of thioether (sulfide) groups is 1. The molecule has 1 atom stereocenters. The summed E-state index contributed by atoms with van der Waals surface area (Å²) in [4.78, 5) is 4.65. The Labute approximate surface area is 85.1 Å².